The Bertz CT molecular complexity index is 1330. The first-order chi connectivity index (χ1) is 19.0. The zero-order valence-corrected chi connectivity index (χ0v) is 22.1. The number of anilines is 3. The molecule has 0 bridgehead atoms. The molecule has 1 unspecified atom stereocenters. The highest BCUT2D eigenvalue weighted by molar-refractivity contribution is 6.12. The molecule has 2 aliphatic heterocycles. The van der Waals surface area contributed by atoms with Gasteiger partial charge in [-0.25, -0.2) is 9.69 Å². The van der Waals surface area contributed by atoms with Crippen molar-refractivity contribution in [3.63, 3.8) is 0 Å². The first-order valence-electron chi connectivity index (χ1n) is 12.9. The highest BCUT2D eigenvalue weighted by Gasteiger charge is 2.52. The van der Waals surface area contributed by atoms with Gasteiger partial charge in [-0.1, -0.05) is 36.4 Å². The normalized spacial score (nSPS) is 19.2. The van der Waals surface area contributed by atoms with Gasteiger partial charge in [-0.2, -0.15) is 0 Å². The van der Waals surface area contributed by atoms with Crippen molar-refractivity contribution in [1.29, 1.82) is 0 Å². The van der Waals surface area contributed by atoms with Crippen LogP contribution in [0.3, 0.4) is 0 Å². The Hall–Kier alpha value is -4.28. The molecule has 0 aliphatic carbocycles. The fourth-order valence-electron chi connectivity index (χ4n) is 5.13. The fourth-order valence-corrected chi connectivity index (χ4v) is 5.13. The monoisotopic (exact) mass is 531 g/mol. The molecule has 0 radical (unpaired) electrons. The van der Waals surface area contributed by atoms with Crippen LogP contribution in [0.4, 0.5) is 21.9 Å². The largest absolute Gasteiger partial charge is 0.497 e. The standard InChI is InChI=1S/C29H33N5O5/c1-38-22-12-13-25(26(20-22)39-2)34-28(36)31-24-11-7-6-10-23(24)29(34,37)27(35)30-14-15-32-16-18-33(19-17-32)21-8-4-3-5-9-21/h3-13,20,37H,14-19H2,1-2H3,(H,30,35)(H,31,36). The topological polar surface area (TPSA) is 107 Å². The number of urea groups is 1. The molecule has 1 atom stereocenters. The molecule has 5 rings (SSSR count). The molecule has 3 N–H and O–H groups in total. The van der Waals surface area contributed by atoms with Crippen LogP contribution in [-0.4, -0.2) is 75.4 Å². The van der Waals surface area contributed by atoms with Crippen LogP contribution in [0.1, 0.15) is 5.56 Å². The third kappa shape index (κ3) is 5.08. The van der Waals surface area contributed by atoms with Crippen LogP contribution in [0.25, 0.3) is 0 Å². The summed E-state index contributed by atoms with van der Waals surface area (Å²) in [5.41, 5.74) is -0.263. The number of methoxy groups -OCH3 is 2. The van der Waals surface area contributed by atoms with E-state index in [2.05, 4.69) is 32.6 Å². The first kappa shape index (κ1) is 26.3. The Morgan fingerprint density at radius 3 is 2.41 bits per heavy atom. The number of para-hydroxylation sites is 2. The van der Waals surface area contributed by atoms with E-state index in [0.717, 1.165) is 31.1 Å². The zero-order valence-electron chi connectivity index (χ0n) is 22.1. The number of piperazine rings is 1. The van der Waals surface area contributed by atoms with E-state index in [1.54, 1.807) is 42.5 Å². The average molecular weight is 532 g/mol. The second kappa shape index (κ2) is 11.2. The van der Waals surface area contributed by atoms with E-state index in [-0.39, 0.29) is 17.0 Å². The van der Waals surface area contributed by atoms with Gasteiger partial charge in [0.05, 0.1) is 25.6 Å². The lowest BCUT2D eigenvalue weighted by Gasteiger charge is -2.43. The van der Waals surface area contributed by atoms with Gasteiger partial charge >= 0.3 is 6.03 Å². The van der Waals surface area contributed by atoms with Crippen molar-refractivity contribution in [2.45, 2.75) is 5.72 Å². The molecule has 0 saturated carbocycles. The van der Waals surface area contributed by atoms with E-state index in [4.69, 9.17) is 9.47 Å². The van der Waals surface area contributed by atoms with E-state index >= 15 is 0 Å². The second-order valence-corrected chi connectivity index (χ2v) is 9.44. The molecule has 3 amide bonds. The van der Waals surface area contributed by atoms with Gasteiger partial charge in [-0.15, -0.1) is 0 Å². The minimum absolute atomic E-state index is 0.222. The summed E-state index contributed by atoms with van der Waals surface area (Å²) in [6.07, 6.45) is 0. The van der Waals surface area contributed by atoms with Crippen LogP contribution >= 0.6 is 0 Å². The van der Waals surface area contributed by atoms with Gasteiger partial charge in [0.15, 0.2) is 0 Å². The fraction of sp³-hybridized carbons (Fsp3) is 0.310. The van der Waals surface area contributed by atoms with Gasteiger partial charge in [0, 0.05) is 56.6 Å². The van der Waals surface area contributed by atoms with E-state index in [9.17, 15) is 14.7 Å². The Morgan fingerprint density at radius 2 is 1.69 bits per heavy atom. The number of aliphatic hydroxyl groups is 1. The molecule has 39 heavy (non-hydrogen) atoms. The van der Waals surface area contributed by atoms with Crippen LogP contribution in [0, 0.1) is 0 Å². The summed E-state index contributed by atoms with van der Waals surface area (Å²) in [5, 5.41) is 17.7. The van der Waals surface area contributed by atoms with Crippen LogP contribution in [-0.2, 0) is 10.5 Å². The molecule has 2 heterocycles. The van der Waals surface area contributed by atoms with Crippen molar-refractivity contribution in [3.05, 3.63) is 78.4 Å². The van der Waals surface area contributed by atoms with Gasteiger partial charge in [-0.05, 0) is 30.3 Å². The lowest BCUT2D eigenvalue weighted by molar-refractivity contribution is -0.140. The van der Waals surface area contributed by atoms with Crippen molar-refractivity contribution in [2.24, 2.45) is 0 Å². The molecule has 204 valence electrons. The lowest BCUT2D eigenvalue weighted by Crippen LogP contribution is -2.63. The third-order valence-corrected chi connectivity index (χ3v) is 7.22. The Morgan fingerprint density at radius 1 is 0.974 bits per heavy atom. The molecule has 0 spiro atoms. The highest BCUT2D eigenvalue weighted by atomic mass is 16.5. The number of nitrogens with zero attached hydrogens (tertiary/aromatic N) is 3. The second-order valence-electron chi connectivity index (χ2n) is 9.44. The Labute approximate surface area is 227 Å². The number of carbonyl (C=O) groups is 2. The van der Waals surface area contributed by atoms with E-state index < -0.39 is 17.7 Å². The quantitative estimate of drug-likeness (QED) is 0.410. The number of fused-ring (bicyclic) bond motifs is 1. The number of carbonyl (C=O) groups excluding carboxylic acids is 2. The van der Waals surface area contributed by atoms with Gasteiger partial charge in [0.2, 0.25) is 0 Å². The van der Waals surface area contributed by atoms with Crippen molar-refractivity contribution < 1.29 is 24.2 Å². The van der Waals surface area contributed by atoms with Crippen LogP contribution in [0.15, 0.2) is 72.8 Å². The number of ether oxygens (including phenoxy) is 2. The van der Waals surface area contributed by atoms with Gasteiger partial charge in [0.1, 0.15) is 11.5 Å². The molecule has 10 heteroatoms. The zero-order chi connectivity index (χ0) is 27.4. The Balaban J connectivity index is 1.33. The summed E-state index contributed by atoms with van der Waals surface area (Å²) in [6.45, 7) is 4.42. The number of rotatable bonds is 8. The van der Waals surface area contributed by atoms with Crippen LogP contribution < -0.4 is 29.9 Å². The smallest absolute Gasteiger partial charge is 0.329 e. The van der Waals surface area contributed by atoms with Crippen molar-refractivity contribution in [2.75, 3.05) is 68.6 Å². The minimum atomic E-state index is -2.31. The van der Waals surface area contributed by atoms with E-state index in [0.29, 0.717) is 24.5 Å². The molecule has 1 fully saturated rings. The predicted molar refractivity (Wildman–Crippen MR) is 149 cm³/mol. The maximum absolute atomic E-state index is 13.7. The maximum Gasteiger partial charge on any atom is 0.329 e. The molecule has 10 nitrogen and oxygen atoms in total. The van der Waals surface area contributed by atoms with Gasteiger partial charge in [0.25, 0.3) is 11.6 Å². The van der Waals surface area contributed by atoms with Crippen molar-refractivity contribution in [3.8, 4) is 11.5 Å². The summed E-state index contributed by atoms with van der Waals surface area (Å²) in [4.78, 5) is 32.7. The average Bonchev–Trinajstić information content (AvgIpc) is 2.98. The molecule has 1 saturated heterocycles. The summed E-state index contributed by atoms with van der Waals surface area (Å²) >= 11 is 0. The number of hydrogen-bond donors (Lipinski definition) is 3. The molecule has 0 aromatic heterocycles. The number of amides is 3. The minimum Gasteiger partial charge on any atom is -0.497 e. The third-order valence-electron chi connectivity index (χ3n) is 7.22. The van der Waals surface area contributed by atoms with Gasteiger partial charge < -0.3 is 30.1 Å². The summed E-state index contributed by atoms with van der Waals surface area (Å²) in [5.74, 6) is 0.0748. The van der Waals surface area contributed by atoms with Crippen LogP contribution in [0.5, 0.6) is 11.5 Å². The number of benzene rings is 3. The number of hydrogen-bond acceptors (Lipinski definition) is 7. The van der Waals surface area contributed by atoms with Gasteiger partial charge in [-0.3, -0.25) is 9.69 Å². The molecular weight excluding hydrogens is 498 g/mol. The SMILES string of the molecule is COc1ccc(N2C(=O)Nc3ccccc3C2(O)C(=O)NCCN2CCN(c3ccccc3)CC2)c(OC)c1. The van der Waals surface area contributed by atoms with E-state index in [1.165, 1.54) is 19.9 Å². The molecular formula is C29H33N5O5. The summed E-state index contributed by atoms with van der Waals surface area (Å²) in [6, 6.07) is 21.2. The lowest BCUT2D eigenvalue weighted by atomic mass is 9.94. The predicted octanol–water partition coefficient (Wildman–Crippen LogP) is 2.84. The summed E-state index contributed by atoms with van der Waals surface area (Å²) < 4.78 is 10.8. The maximum atomic E-state index is 13.7. The summed E-state index contributed by atoms with van der Waals surface area (Å²) in [7, 11) is 2.97. The van der Waals surface area contributed by atoms with Crippen molar-refractivity contribution in [1.82, 2.24) is 10.2 Å². The molecule has 3 aromatic carbocycles. The Kier molecular flexibility index (Phi) is 7.58. The van der Waals surface area contributed by atoms with Crippen molar-refractivity contribution >= 4 is 29.0 Å². The number of nitrogens with one attached hydrogen (secondary N) is 2. The molecule has 3 aromatic rings. The highest BCUT2D eigenvalue weighted by Crippen LogP contribution is 2.43. The van der Waals surface area contributed by atoms with E-state index in [1.807, 2.05) is 18.2 Å². The first-order valence-corrected chi connectivity index (χ1v) is 12.9. The molecule has 2 aliphatic rings. The van der Waals surface area contributed by atoms with Crippen LogP contribution in [0.2, 0.25) is 0 Å².